The molecule has 4 nitrogen and oxygen atoms in total. The van der Waals surface area contributed by atoms with E-state index in [0.29, 0.717) is 12.1 Å². The van der Waals surface area contributed by atoms with E-state index < -0.39 is 0 Å². The molecule has 0 amide bonds. The summed E-state index contributed by atoms with van der Waals surface area (Å²) in [4.78, 5) is 0. The third kappa shape index (κ3) is 1.63. The molecule has 0 spiro atoms. The van der Waals surface area contributed by atoms with Crippen LogP contribution in [0.5, 0.6) is 0 Å². The van der Waals surface area contributed by atoms with E-state index in [2.05, 4.69) is 29.4 Å². The van der Waals surface area contributed by atoms with E-state index in [0.717, 1.165) is 12.2 Å². The molecular weight excluding hydrogens is 190 g/mol. The topological polar surface area (TPSA) is 49.9 Å². The number of nitrogens with one attached hydrogen (secondary N) is 2. The Morgan fingerprint density at radius 2 is 2.20 bits per heavy atom. The van der Waals surface area contributed by atoms with Crippen LogP contribution in [0.3, 0.4) is 0 Å². The minimum absolute atomic E-state index is 0.156. The summed E-state index contributed by atoms with van der Waals surface area (Å²) in [5.74, 6) is 1.01. The summed E-state index contributed by atoms with van der Waals surface area (Å²) in [5.41, 5.74) is 2.48. The summed E-state index contributed by atoms with van der Waals surface area (Å²) in [6.07, 6.45) is 3.94. The van der Waals surface area contributed by atoms with Gasteiger partial charge < -0.3 is 10.1 Å². The molecule has 4 heteroatoms. The van der Waals surface area contributed by atoms with E-state index >= 15 is 0 Å². The molecule has 1 aromatic heterocycles. The molecule has 0 saturated heterocycles. The number of nitrogens with zero attached hydrogens (tertiary/aromatic N) is 1. The van der Waals surface area contributed by atoms with Crippen LogP contribution >= 0.6 is 0 Å². The number of anilines is 1. The van der Waals surface area contributed by atoms with Crippen molar-refractivity contribution >= 4 is 5.82 Å². The van der Waals surface area contributed by atoms with Crippen LogP contribution in [-0.2, 0) is 11.2 Å². The van der Waals surface area contributed by atoms with Gasteiger partial charge in [-0.25, -0.2) is 0 Å². The second-order valence-corrected chi connectivity index (χ2v) is 4.68. The highest BCUT2D eigenvalue weighted by molar-refractivity contribution is 5.50. The summed E-state index contributed by atoms with van der Waals surface area (Å²) >= 11 is 0. The van der Waals surface area contributed by atoms with Crippen LogP contribution in [0.1, 0.15) is 44.1 Å². The quantitative estimate of drug-likeness (QED) is 0.780. The van der Waals surface area contributed by atoms with Gasteiger partial charge in [-0.1, -0.05) is 0 Å². The van der Waals surface area contributed by atoms with E-state index in [9.17, 15) is 0 Å². The normalized spacial score (nSPS) is 30.0. The maximum absolute atomic E-state index is 5.81. The summed E-state index contributed by atoms with van der Waals surface area (Å²) in [6, 6.07) is 0.643. The predicted octanol–water partition coefficient (Wildman–Crippen LogP) is 2.01. The number of fused-ring (bicyclic) bond motifs is 1. The molecule has 1 saturated carbocycles. The molecule has 1 aliphatic heterocycles. The minimum Gasteiger partial charge on any atom is -0.370 e. The van der Waals surface area contributed by atoms with Crippen LogP contribution in [-0.4, -0.2) is 22.3 Å². The highest BCUT2D eigenvalue weighted by Gasteiger charge is 2.30. The average molecular weight is 207 g/mol. The number of hydrogen-bond donors (Lipinski definition) is 2. The average Bonchev–Trinajstić information content (AvgIpc) is 2.87. The van der Waals surface area contributed by atoms with Crippen LogP contribution in [0.15, 0.2) is 0 Å². The molecule has 1 aliphatic carbocycles. The third-order valence-corrected chi connectivity index (χ3v) is 3.14. The first kappa shape index (κ1) is 9.21. The van der Waals surface area contributed by atoms with Crippen molar-refractivity contribution in [1.29, 1.82) is 0 Å². The summed E-state index contributed by atoms with van der Waals surface area (Å²) in [5, 5.41) is 10.9. The zero-order valence-corrected chi connectivity index (χ0v) is 9.21. The van der Waals surface area contributed by atoms with Gasteiger partial charge in [0, 0.05) is 23.7 Å². The zero-order chi connectivity index (χ0) is 10.4. The van der Waals surface area contributed by atoms with Crippen molar-refractivity contribution in [3.05, 3.63) is 11.3 Å². The zero-order valence-electron chi connectivity index (χ0n) is 9.21. The Hall–Kier alpha value is -1.03. The Morgan fingerprint density at radius 3 is 2.93 bits per heavy atom. The van der Waals surface area contributed by atoms with Crippen molar-refractivity contribution in [3.63, 3.8) is 0 Å². The monoisotopic (exact) mass is 207 g/mol. The molecular formula is C11H17N3O. The van der Waals surface area contributed by atoms with Gasteiger partial charge in [0.25, 0.3) is 0 Å². The standard InChI is InChI=1S/C11H17N3O/c1-6-5-9-10(7(2)15-6)11(14-13-9)12-8-3-4-8/h6-8H,3-5H2,1-2H3,(H2,12,13,14). The number of hydrogen-bond acceptors (Lipinski definition) is 3. The molecule has 3 rings (SSSR count). The molecule has 0 aromatic carbocycles. The Bertz CT molecular complexity index is 370. The van der Waals surface area contributed by atoms with Gasteiger partial charge in [0.05, 0.1) is 12.2 Å². The number of aromatic nitrogens is 2. The van der Waals surface area contributed by atoms with Crippen molar-refractivity contribution in [2.24, 2.45) is 0 Å². The Balaban J connectivity index is 1.90. The molecule has 15 heavy (non-hydrogen) atoms. The van der Waals surface area contributed by atoms with E-state index in [4.69, 9.17) is 4.74 Å². The lowest BCUT2D eigenvalue weighted by atomic mass is 10.0. The highest BCUT2D eigenvalue weighted by atomic mass is 16.5. The lowest BCUT2D eigenvalue weighted by Gasteiger charge is -2.25. The first-order valence-electron chi connectivity index (χ1n) is 5.73. The summed E-state index contributed by atoms with van der Waals surface area (Å²) < 4.78 is 5.81. The fraction of sp³-hybridized carbons (Fsp3) is 0.727. The molecule has 2 heterocycles. The summed E-state index contributed by atoms with van der Waals surface area (Å²) in [6.45, 7) is 4.20. The second-order valence-electron chi connectivity index (χ2n) is 4.68. The Labute approximate surface area is 89.4 Å². The molecule has 0 bridgehead atoms. The lowest BCUT2D eigenvalue weighted by molar-refractivity contribution is -0.00478. The van der Waals surface area contributed by atoms with Crippen LogP contribution in [0, 0.1) is 0 Å². The predicted molar refractivity (Wildman–Crippen MR) is 57.9 cm³/mol. The van der Waals surface area contributed by atoms with Gasteiger partial charge in [0.1, 0.15) is 0 Å². The van der Waals surface area contributed by atoms with Gasteiger partial charge in [0.15, 0.2) is 5.82 Å². The molecule has 82 valence electrons. The molecule has 2 atom stereocenters. The fourth-order valence-electron chi connectivity index (χ4n) is 2.26. The van der Waals surface area contributed by atoms with Gasteiger partial charge >= 0.3 is 0 Å². The molecule has 0 radical (unpaired) electrons. The van der Waals surface area contributed by atoms with E-state index in [1.54, 1.807) is 0 Å². The van der Waals surface area contributed by atoms with Gasteiger partial charge in [-0.2, -0.15) is 5.10 Å². The maximum Gasteiger partial charge on any atom is 0.154 e. The van der Waals surface area contributed by atoms with Crippen molar-refractivity contribution in [3.8, 4) is 0 Å². The largest absolute Gasteiger partial charge is 0.370 e. The minimum atomic E-state index is 0.156. The molecule has 1 aromatic rings. The van der Waals surface area contributed by atoms with Crippen LogP contribution in [0.4, 0.5) is 5.82 Å². The van der Waals surface area contributed by atoms with E-state index in [-0.39, 0.29) is 6.10 Å². The van der Waals surface area contributed by atoms with Crippen LogP contribution in [0.2, 0.25) is 0 Å². The Kier molecular flexibility index (Phi) is 1.99. The fourth-order valence-corrected chi connectivity index (χ4v) is 2.26. The Morgan fingerprint density at radius 1 is 1.40 bits per heavy atom. The van der Waals surface area contributed by atoms with Gasteiger partial charge in [-0.05, 0) is 26.7 Å². The van der Waals surface area contributed by atoms with Crippen molar-refractivity contribution in [2.45, 2.75) is 51.4 Å². The lowest BCUT2D eigenvalue weighted by Crippen LogP contribution is -2.22. The molecule has 2 aliphatic rings. The van der Waals surface area contributed by atoms with Gasteiger partial charge in [0.2, 0.25) is 0 Å². The maximum atomic E-state index is 5.81. The van der Waals surface area contributed by atoms with Gasteiger partial charge in [-0.3, -0.25) is 5.10 Å². The first-order chi connectivity index (χ1) is 7.24. The van der Waals surface area contributed by atoms with Crippen molar-refractivity contribution < 1.29 is 4.74 Å². The van der Waals surface area contributed by atoms with Crippen LogP contribution in [0.25, 0.3) is 0 Å². The third-order valence-electron chi connectivity index (χ3n) is 3.14. The summed E-state index contributed by atoms with van der Waals surface area (Å²) in [7, 11) is 0. The second kappa shape index (κ2) is 3.23. The SMILES string of the molecule is CC1Cc2[nH]nc(NC3CC3)c2C(C)O1. The number of aromatic amines is 1. The van der Waals surface area contributed by atoms with Crippen molar-refractivity contribution in [2.75, 3.05) is 5.32 Å². The van der Waals surface area contributed by atoms with E-state index in [1.165, 1.54) is 24.1 Å². The van der Waals surface area contributed by atoms with E-state index in [1.807, 2.05) is 0 Å². The van der Waals surface area contributed by atoms with Crippen LogP contribution < -0.4 is 5.32 Å². The molecule has 2 N–H and O–H groups in total. The number of rotatable bonds is 2. The van der Waals surface area contributed by atoms with Gasteiger partial charge in [-0.15, -0.1) is 0 Å². The highest BCUT2D eigenvalue weighted by Crippen LogP contribution is 2.35. The van der Waals surface area contributed by atoms with Crippen molar-refractivity contribution in [1.82, 2.24) is 10.2 Å². The molecule has 2 unspecified atom stereocenters. The smallest absolute Gasteiger partial charge is 0.154 e. The number of ether oxygens (including phenoxy) is 1. The first-order valence-corrected chi connectivity index (χ1v) is 5.73. The molecule has 1 fully saturated rings. The number of H-pyrrole nitrogens is 1.